The van der Waals surface area contributed by atoms with Crippen LogP contribution in [0.5, 0.6) is 11.5 Å². The summed E-state index contributed by atoms with van der Waals surface area (Å²) in [6, 6.07) is 20.5. The van der Waals surface area contributed by atoms with Crippen molar-refractivity contribution in [2.75, 3.05) is 19.8 Å². The van der Waals surface area contributed by atoms with Crippen molar-refractivity contribution in [3.8, 4) is 17.2 Å². The van der Waals surface area contributed by atoms with Gasteiger partial charge in [0.05, 0.1) is 35.8 Å². The molecule has 1 fully saturated rings. The van der Waals surface area contributed by atoms with Gasteiger partial charge in [0.1, 0.15) is 5.82 Å². The second-order valence-electron chi connectivity index (χ2n) is 9.28. The molecule has 0 bridgehead atoms. The Hall–Kier alpha value is -4.13. The summed E-state index contributed by atoms with van der Waals surface area (Å²) < 4.78 is 13.2. The van der Waals surface area contributed by atoms with Gasteiger partial charge in [0, 0.05) is 18.5 Å². The number of rotatable bonds is 3. The number of carbonyl (C=O) groups excluding carboxylic acids is 1. The molecule has 182 valence electrons. The molecule has 3 aromatic carbocycles. The SMILES string of the molecule is Cc1nc2ccccc2c(=O)n1-c1ccc(C(=O)N2CCC[C@H]2c2ccc3c(c2)OCCCO3)cc1. The average molecular weight is 482 g/mol. The Labute approximate surface area is 208 Å². The lowest BCUT2D eigenvalue weighted by molar-refractivity contribution is 0.0735. The molecule has 1 aromatic heterocycles. The Bertz CT molecular complexity index is 1510. The predicted molar refractivity (Wildman–Crippen MR) is 137 cm³/mol. The Morgan fingerprint density at radius 2 is 1.72 bits per heavy atom. The summed E-state index contributed by atoms with van der Waals surface area (Å²) in [7, 11) is 0. The third-order valence-electron chi connectivity index (χ3n) is 6.99. The molecule has 0 saturated carbocycles. The van der Waals surface area contributed by atoms with Gasteiger partial charge in [-0.2, -0.15) is 0 Å². The number of aromatic nitrogens is 2. The predicted octanol–water partition coefficient (Wildman–Crippen LogP) is 4.83. The summed E-state index contributed by atoms with van der Waals surface area (Å²) in [6.07, 6.45) is 2.70. The van der Waals surface area contributed by atoms with E-state index in [2.05, 4.69) is 4.98 Å². The summed E-state index contributed by atoms with van der Waals surface area (Å²) in [5.41, 5.74) is 2.91. The van der Waals surface area contributed by atoms with Gasteiger partial charge in [-0.05, 0) is 73.9 Å². The zero-order valence-corrected chi connectivity index (χ0v) is 20.1. The zero-order valence-electron chi connectivity index (χ0n) is 20.1. The Morgan fingerprint density at radius 3 is 2.56 bits per heavy atom. The molecule has 3 heterocycles. The number of aryl methyl sites for hydroxylation is 1. The number of ether oxygens (including phenoxy) is 2. The molecule has 7 heteroatoms. The molecule has 1 atom stereocenters. The molecule has 4 aromatic rings. The van der Waals surface area contributed by atoms with Gasteiger partial charge in [0.25, 0.3) is 11.5 Å². The number of likely N-dealkylation sites (tertiary alicyclic amines) is 1. The molecule has 1 amide bonds. The molecule has 0 aliphatic carbocycles. The van der Waals surface area contributed by atoms with Gasteiger partial charge >= 0.3 is 0 Å². The third-order valence-corrected chi connectivity index (χ3v) is 6.99. The number of hydrogen-bond acceptors (Lipinski definition) is 5. The van der Waals surface area contributed by atoms with E-state index in [1.807, 2.05) is 60.4 Å². The number of hydrogen-bond donors (Lipinski definition) is 0. The Morgan fingerprint density at radius 1 is 0.944 bits per heavy atom. The summed E-state index contributed by atoms with van der Waals surface area (Å²) >= 11 is 0. The van der Waals surface area contributed by atoms with Crippen molar-refractivity contribution in [1.82, 2.24) is 14.5 Å². The molecule has 6 rings (SSSR count). The van der Waals surface area contributed by atoms with E-state index in [0.29, 0.717) is 47.7 Å². The minimum Gasteiger partial charge on any atom is -0.490 e. The van der Waals surface area contributed by atoms with Gasteiger partial charge < -0.3 is 14.4 Å². The Kier molecular flexibility index (Phi) is 5.68. The van der Waals surface area contributed by atoms with Crippen LogP contribution >= 0.6 is 0 Å². The molecule has 0 unspecified atom stereocenters. The van der Waals surface area contributed by atoms with Crippen LogP contribution in [-0.4, -0.2) is 40.1 Å². The number of benzene rings is 3. The lowest BCUT2D eigenvalue weighted by atomic mass is 10.0. The molecular weight excluding hydrogens is 454 g/mol. The molecule has 7 nitrogen and oxygen atoms in total. The van der Waals surface area contributed by atoms with E-state index < -0.39 is 0 Å². The largest absolute Gasteiger partial charge is 0.490 e. The first kappa shape index (κ1) is 22.3. The monoisotopic (exact) mass is 481 g/mol. The van der Waals surface area contributed by atoms with Crippen LogP contribution in [0.25, 0.3) is 16.6 Å². The average Bonchev–Trinajstić information content (AvgIpc) is 3.27. The molecule has 0 spiro atoms. The van der Waals surface area contributed by atoms with Crippen LogP contribution in [0.1, 0.15) is 47.1 Å². The van der Waals surface area contributed by atoms with Crippen LogP contribution < -0.4 is 15.0 Å². The normalized spacial score (nSPS) is 17.2. The first-order valence-corrected chi connectivity index (χ1v) is 12.4. The third kappa shape index (κ3) is 3.90. The lowest BCUT2D eigenvalue weighted by Crippen LogP contribution is -2.30. The highest BCUT2D eigenvalue weighted by Gasteiger charge is 2.31. The first-order chi connectivity index (χ1) is 17.6. The fourth-order valence-electron chi connectivity index (χ4n) is 5.21. The molecule has 2 aliphatic heterocycles. The fraction of sp³-hybridized carbons (Fsp3) is 0.276. The number of para-hydroxylation sites is 1. The minimum atomic E-state index is -0.119. The summed E-state index contributed by atoms with van der Waals surface area (Å²) in [5, 5.41) is 0.568. The van der Waals surface area contributed by atoms with Gasteiger partial charge in [-0.1, -0.05) is 18.2 Å². The standard InChI is InChI=1S/C29H27N3O4/c1-19-30-24-7-3-2-6-23(24)29(34)32(19)22-12-9-20(10-13-22)28(33)31-15-4-8-25(31)21-11-14-26-27(18-21)36-17-5-16-35-26/h2-3,6-7,9-14,18,25H,4-5,8,15-17H2,1H3/t25-/m0/s1. The number of carbonyl (C=O) groups is 1. The van der Waals surface area contributed by atoms with E-state index in [1.54, 1.807) is 22.8 Å². The van der Waals surface area contributed by atoms with Crippen LogP contribution in [0.15, 0.2) is 71.5 Å². The maximum absolute atomic E-state index is 13.5. The van der Waals surface area contributed by atoms with Crippen LogP contribution in [0, 0.1) is 6.92 Å². The Balaban J connectivity index is 1.28. The topological polar surface area (TPSA) is 73.7 Å². The highest BCUT2D eigenvalue weighted by molar-refractivity contribution is 5.95. The molecule has 1 saturated heterocycles. The minimum absolute atomic E-state index is 0.0103. The van der Waals surface area contributed by atoms with Gasteiger partial charge in [-0.3, -0.25) is 14.2 Å². The van der Waals surface area contributed by atoms with Crippen molar-refractivity contribution in [3.63, 3.8) is 0 Å². The van der Waals surface area contributed by atoms with Gasteiger partial charge in [-0.25, -0.2) is 4.98 Å². The van der Waals surface area contributed by atoms with Gasteiger partial charge in [0.15, 0.2) is 11.5 Å². The quantitative estimate of drug-likeness (QED) is 0.419. The molecule has 0 radical (unpaired) electrons. The van der Waals surface area contributed by atoms with Crippen LogP contribution in [-0.2, 0) is 0 Å². The second-order valence-corrected chi connectivity index (χ2v) is 9.28. The van der Waals surface area contributed by atoms with Crippen molar-refractivity contribution >= 4 is 16.8 Å². The van der Waals surface area contributed by atoms with E-state index in [1.165, 1.54) is 0 Å². The highest BCUT2D eigenvalue weighted by atomic mass is 16.5. The van der Waals surface area contributed by atoms with E-state index in [9.17, 15) is 9.59 Å². The summed E-state index contributed by atoms with van der Waals surface area (Å²) in [5.74, 6) is 2.10. The van der Waals surface area contributed by atoms with E-state index in [4.69, 9.17) is 9.47 Å². The smallest absolute Gasteiger partial charge is 0.265 e. The van der Waals surface area contributed by atoms with Crippen LogP contribution in [0.3, 0.4) is 0 Å². The molecule has 36 heavy (non-hydrogen) atoms. The van der Waals surface area contributed by atoms with E-state index in [0.717, 1.165) is 36.3 Å². The van der Waals surface area contributed by atoms with E-state index in [-0.39, 0.29) is 17.5 Å². The molecule has 0 N–H and O–H groups in total. The van der Waals surface area contributed by atoms with Crippen molar-refractivity contribution in [2.24, 2.45) is 0 Å². The zero-order chi connectivity index (χ0) is 24.6. The fourth-order valence-corrected chi connectivity index (χ4v) is 5.21. The van der Waals surface area contributed by atoms with Crippen LogP contribution in [0.2, 0.25) is 0 Å². The van der Waals surface area contributed by atoms with Gasteiger partial charge in [-0.15, -0.1) is 0 Å². The van der Waals surface area contributed by atoms with Gasteiger partial charge in [0.2, 0.25) is 0 Å². The number of nitrogens with zero attached hydrogens (tertiary/aromatic N) is 3. The van der Waals surface area contributed by atoms with E-state index >= 15 is 0 Å². The summed E-state index contributed by atoms with van der Waals surface area (Å²) in [6.45, 7) is 3.80. The van der Waals surface area contributed by atoms with Crippen molar-refractivity contribution in [2.45, 2.75) is 32.2 Å². The highest BCUT2D eigenvalue weighted by Crippen LogP contribution is 2.38. The maximum Gasteiger partial charge on any atom is 0.265 e. The van der Waals surface area contributed by atoms with Crippen molar-refractivity contribution in [3.05, 3.63) is 94.0 Å². The maximum atomic E-state index is 13.5. The summed E-state index contributed by atoms with van der Waals surface area (Å²) in [4.78, 5) is 33.2. The lowest BCUT2D eigenvalue weighted by Gasteiger charge is -2.26. The molecular formula is C29H27N3O4. The number of amides is 1. The van der Waals surface area contributed by atoms with Crippen molar-refractivity contribution < 1.29 is 14.3 Å². The second kappa shape index (κ2) is 9.15. The molecule has 2 aliphatic rings. The van der Waals surface area contributed by atoms with Crippen LogP contribution in [0.4, 0.5) is 0 Å². The first-order valence-electron chi connectivity index (χ1n) is 12.4. The number of fused-ring (bicyclic) bond motifs is 2. The van der Waals surface area contributed by atoms with Crippen molar-refractivity contribution in [1.29, 1.82) is 0 Å².